The van der Waals surface area contributed by atoms with E-state index < -0.39 is 0 Å². The van der Waals surface area contributed by atoms with Crippen molar-refractivity contribution in [2.45, 2.75) is 12.5 Å². The van der Waals surface area contributed by atoms with E-state index in [1.165, 1.54) is 16.2 Å². The second-order valence-electron chi connectivity index (χ2n) is 4.47. The first kappa shape index (κ1) is 12.7. The molecule has 1 aliphatic rings. The number of carbonyl (C=O) groups is 1. The fourth-order valence-electron chi connectivity index (χ4n) is 1.95. The molecular weight excluding hydrogens is 274 g/mol. The van der Waals surface area contributed by atoms with Gasteiger partial charge in [0.2, 0.25) is 5.91 Å². The topological polar surface area (TPSA) is 84.5 Å². The maximum Gasteiger partial charge on any atom is 0.231 e. The number of aromatic nitrogens is 2. The summed E-state index contributed by atoms with van der Waals surface area (Å²) in [6.45, 7) is 0. The molecule has 0 saturated carbocycles. The molecule has 1 atom stereocenters. The third-order valence-electron chi connectivity index (χ3n) is 3.14. The Kier molecular flexibility index (Phi) is 3.19. The largest absolute Gasteiger partial charge is 0.369 e. The standard InChI is InChI=1S/C13H13N5OS/c1-18-11(19)5-9(17-13(18)14)12-16-10(7-20-12)8-3-2-4-15-6-8/h2-4,6-7,9H,5H2,1H3,(H2,14,17). The molecule has 0 fully saturated rings. The highest BCUT2D eigenvalue weighted by Gasteiger charge is 2.27. The average molecular weight is 287 g/mol. The Morgan fingerprint density at radius 1 is 1.50 bits per heavy atom. The molecule has 1 amide bonds. The molecule has 2 N–H and O–H groups in total. The smallest absolute Gasteiger partial charge is 0.231 e. The molecule has 2 aromatic heterocycles. The number of rotatable bonds is 2. The third-order valence-corrected chi connectivity index (χ3v) is 4.08. The highest BCUT2D eigenvalue weighted by molar-refractivity contribution is 7.10. The van der Waals surface area contributed by atoms with Crippen LogP contribution in [0.5, 0.6) is 0 Å². The molecule has 0 radical (unpaired) electrons. The monoisotopic (exact) mass is 287 g/mol. The average Bonchev–Trinajstić information content (AvgIpc) is 2.95. The lowest BCUT2D eigenvalue weighted by Crippen LogP contribution is -2.42. The van der Waals surface area contributed by atoms with Crippen LogP contribution < -0.4 is 5.73 Å². The van der Waals surface area contributed by atoms with Crippen molar-refractivity contribution in [1.82, 2.24) is 14.9 Å². The van der Waals surface area contributed by atoms with Gasteiger partial charge in [0, 0.05) is 30.4 Å². The number of pyridine rings is 1. The van der Waals surface area contributed by atoms with E-state index in [2.05, 4.69) is 15.0 Å². The molecule has 7 heteroatoms. The molecule has 3 heterocycles. The number of nitrogens with zero attached hydrogens (tertiary/aromatic N) is 4. The van der Waals surface area contributed by atoms with Crippen LogP contribution in [0.25, 0.3) is 11.3 Å². The van der Waals surface area contributed by atoms with Gasteiger partial charge in [-0.05, 0) is 12.1 Å². The lowest BCUT2D eigenvalue weighted by atomic mass is 10.2. The maximum absolute atomic E-state index is 11.8. The van der Waals surface area contributed by atoms with Crippen LogP contribution in [0.3, 0.4) is 0 Å². The van der Waals surface area contributed by atoms with E-state index in [1.54, 1.807) is 19.4 Å². The Labute approximate surface area is 120 Å². The molecular formula is C13H13N5OS. The molecule has 0 saturated heterocycles. The van der Waals surface area contributed by atoms with Gasteiger partial charge in [0.25, 0.3) is 0 Å². The highest BCUT2D eigenvalue weighted by Crippen LogP contribution is 2.30. The molecule has 0 bridgehead atoms. The summed E-state index contributed by atoms with van der Waals surface area (Å²) >= 11 is 1.48. The van der Waals surface area contributed by atoms with Crippen LogP contribution in [0, 0.1) is 0 Å². The number of aliphatic imine (C=N–C) groups is 1. The van der Waals surface area contributed by atoms with Crippen molar-refractivity contribution in [2.75, 3.05) is 7.05 Å². The van der Waals surface area contributed by atoms with E-state index in [0.717, 1.165) is 16.3 Å². The van der Waals surface area contributed by atoms with E-state index in [9.17, 15) is 4.79 Å². The van der Waals surface area contributed by atoms with E-state index in [4.69, 9.17) is 5.73 Å². The fraction of sp³-hybridized carbons (Fsp3) is 0.231. The summed E-state index contributed by atoms with van der Waals surface area (Å²) in [5, 5.41) is 2.74. The predicted molar refractivity (Wildman–Crippen MR) is 77.1 cm³/mol. The highest BCUT2D eigenvalue weighted by atomic mass is 32.1. The number of thiazole rings is 1. The zero-order valence-corrected chi connectivity index (χ0v) is 11.7. The fourth-order valence-corrected chi connectivity index (χ4v) is 2.82. The normalized spacial score (nSPS) is 19.1. The Morgan fingerprint density at radius 2 is 2.35 bits per heavy atom. The molecule has 0 aliphatic carbocycles. The number of nitrogens with two attached hydrogens (primary N) is 1. The molecule has 1 aliphatic heterocycles. The second-order valence-corrected chi connectivity index (χ2v) is 5.36. The Bertz CT molecular complexity index is 666. The summed E-state index contributed by atoms with van der Waals surface area (Å²) in [7, 11) is 1.63. The molecule has 3 rings (SSSR count). The molecule has 102 valence electrons. The Hall–Kier alpha value is -2.28. The van der Waals surface area contributed by atoms with Crippen LogP contribution in [0.15, 0.2) is 34.9 Å². The molecule has 20 heavy (non-hydrogen) atoms. The second kappa shape index (κ2) is 5.01. The quantitative estimate of drug-likeness (QED) is 0.905. The molecule has 1 unspecified atom stereocenters. The van der Waals surface area contributed by atoms with Gasteiger partial charge < -0.3 is 5.73 Å². The van der Waals surface area contributed by atoms with E-state index in [0.29, 0.717) is 6.42 Å². The van der Waals surface area contributed by atoms with Crippen LogP contribution in [0.1, 0.15) is 17.5 Å². The van der Waals surface area contributed by atoms with Crippen molar-refractivity contribution in [3.05, 3.63) is 34.9 Å². The van der Waals surface area contributed by atoms with Gasteiger partial charge in [-0.25, -0.2) is 9.98 Å². The van der Waals surface area contributed by atoms with Gasteiger partial charge in [0.15, 0.2) is 5.96 Å². The summed E-state index contributed by atoms with van der Waals surface area (Å²) < 4.78 is 0. The van der Waals surface area contributed by atoms with Crippen LogP contribution >= 0.6 is 11.3 Å². The number of amides is 1. The summed E-state index contributed by atoms with van der Waals surface area (Å²) in [4.78, 5) is 26.1. The lowest BCUT2D eigenvalue weighted by Gasteiger charge is -2.24. The van der Waals surface area contributed by atoms with Gasteiger partial charge in [-0.2, -0.15) is 0 Å². The van der Waals surface area contributed by atoms with Crippen molar-refractivity contribution in [1.29, 1.82) is 0 Å². The number of hydrogen-bond donors (Lipinski definition) is 1. The number of guanidine groups is 1. The minimum atomic E-state index is -0.283. The SMILES string of the molecule is CN1C(=O)CC(c2nc(-c3cccnc3)cs2)N=C1N. The maximum atomic E-state index is 11.8. The molecule has 0 spiro atoms. The predicted octanol–water partition coefficient (Wildman–Crippen LogP) is 1.42. The first-order valence-electron chi connectivity index (χ1n) is 6.11. The number of hydrogen-bond acceptors (Lipinski definition) is 6. The first-order valence-corrected chi connectivity index (χ1v) is 6.99. The first-order chi connectivity index (χ1) is 9.65. The Balaban J connectivity index is 1.90. The van der Waals surface area contributed by atoms with Gasteiger partial charge >= 0.3 is 0 Å². The summed E-state index contributed by atoms with van der Waals surface area (Å²) in [5.74, 6) is 0.199. The van der Waals surface area contributed by atoms with Gasteiger partial charge in [0.05, 0.1) is 12.1 Å². The van der Waals surface area contributed by atoms with Crippen molar-refractivity contribution in [3.8, 4) is 11.3 Å². The third kappa shape index (κ3) is 2.27. The Morgan fingerprint density at radius 3 is 3.05 bits per heavy atom. The van der Waals surface area contributed by atoms with E-state index in [-0.39, 0.29) is 17.9 Å². The van der Waals surface area contributed by atoms with Crippen LogP contribution in [0.2, 0.25) is 0 Å². The zero-order valence-electron chi connectivity index (χ0n) is 10.9. The molecule has 0 aromatic carbocycles. The summed E-state index contributed by atoms with van der Waals surface area (Å²) in [5.41, 5.74) is 7.53. The van der Waals surface area contributed by atoms with E-state index >= 15 is 0 Å². The zero-order chi connectivity index (χ0) is 14.1. The summed E-state index contributed by atoms with van der Waals surface area (Å²) in [6, 6.07) is 3.53. The summed E-state index contributed by atoms with van der Waals surface area (Å²) in [6.07, 6.45) is 3.78. The van der Waals surface area contributed by atoms with Crippen LogP contribution in [-0.4, -0.2) is 33.8 Å². The lowest BCUT2D eigenvalue weighted by molar-refractivity contribution is -0.127. The van der Waals surface area contributed by atoms with Crippen molar-refractivity contribution in [2.24, 2.45) is 10.7 Å². The van der Waals surface area contributed by atoms with Gasteiger partial charge in [-0.1, -0.05) is 0 Å². The van der Waals surface area contributed by atoms with Gasteiger partial charge in [0.1, 0.15) is 11.0 Å². The van der Waals surface area contributed by atoms with Crippen LogP contribution in [-0.2, 0) is 4.79 Å². The van der Waals surface area contributed by atoms with Gasteiger partial charge in [-0.15, -0.1) is 11.3 Å². The molecule has 6 nitrogen and oxygen atoms in total. The van der Waals surface area contributed by atoms with E-state index in [1.807, 2.05) is 17.5 Å². The van der Waals surface area contributed by atoms with Crippen molar-refractivity contribution in [3.63, 3.8) is 0 Å². The van der Waals surface area contributed by atoms with Gasteiger partial charge in [-0.3, -0.25) is 14.7 Å². The number of carbonyl (C=O) groups excluding carboxylic acids is 1. The van der Waals surface area contributed by atoms with Crippen LogP contribution in [0.4, 0.5) is 0 Å². The molecule has 2 aromatic rings. The van der Waals surface area contributed by atoms with Crippen molar-refractivity contribution >= 4 is 23.2 Å². The van der Waals surface area contributed by atoms with Crippen molar-refractivity contribution < 1.29 is 4.79 Å². The minimum absolute atomic E-state index is 0.0411. The minimum Gasteiger partial charge on any atom is -0.369 e.